The second-order valence-corrected chi connectivity index (χ2v) is 5.96. The van der Waals surface area contributed by atoms with Crippen LogP contribution >= 0.6 is 0 Å². The Labute approximate surface area is 150 Å². The summed E-state index contributed by atoms with van der Waals surface area (Å²) in [5.74, 6) is 2.39. The Bertz CT molecular complexity index is 665. The van der Waals surface area contributed by atoms with Crippen LogP contribution in [0.4, 0.5) is 0 Å². The van der Waals surface area contributed by atoms with Crippen LogP contribution in [0.25, 0.3) is 0 Å². The maximum atomic E-state index is 5.76. The smallest absolute Gasteiger partial charge is 0.166 e. The van der Waals surface area contributed by atoms with Crippen LogP contribution in [0.2, 0.25) is 0 Å². The maximum absolute atomic E-state index is 5.76. The molecule has 4 heteroatoms. The van der Waals surface area contributed by atoms with E-state index in [1.54, 1.807) is 13.2 Å². The average Bonchev–Trinajstić information content (AvgIpc) is 2.61. The Morgan fingerprint density at radius 1 is 1.08 bits per heavy atom. The van der Waals surface area contributed by atoms with E-state index in [1.807, 2.05) is 44.2 Å². The molecule has 0 saturated carbocycles. The summed E-state index contributed by atoms with van der Waals surface area (Å²) >= 11 is 0. The zero-order chi connectivity index (χ0) is 18.1. The lowest BCUT2D eigenvalue weighted by Gasteiger charge is -2.15. The molecule has 0 aliphatic carbocycles. The number of hydrogen-bond donors (Lipinski definition) is 1. The quantitative estimate of drug-likeness (QED) is 0.653. The number of para-hydroxylation sites is 1. The minimum absolute atomic E-state index is 0.186. The third-order valence-electron chi connectivity index (χ3n) is 3.57. The highest BCUT2D eigenvalue weighted by atomic mass is 16.5. The highest BCUT2D eigenvalue weighted by Crippen LogP contribution is 2.31. The summed E-state index contributed by atoms with van der Waals surface area (Å²) in [6.45, 7) is 9.64. The predicted octanol–water partition coefficient (Wildman–Crippen LogP) is 4.34. The maximum Gasteiger partial charge on any atom is 0.166 e. The van der Waals surface area contributed by atoms with Gasteiger partial charge in [-0.1, -0.05) is 36.9 Å². The lowest BCUT2D eigenvalue weighted by atomic mass is 10.1. The van der Waals surface area contributed by atoms with E-state index in [1.165, 1.54) is 5.56 Å². The summed E-state index contributed by atoms with van der Waals surface area (Å²) in [5, 5.41) is 3.44. The van der Waals surface area contributed by atoms with E-state index in [0.29, 0.717) is 13.2 Å². The molecule has 0 radical (unpaired) electrons. The van der Waals surface area contributed by atoms with Gasteiger partial charge in [0, 0.05) is 18.7 Å². The molecule has 134 valence electrons. The van der Waals surface area contributed by atoms with Crippen LogP contribution in [0.15, 0.2) is 55.1 Å². The summed E-state index contributed by atoms with van der Waals surface area (Å²) in [6.07, 6.45) is 1.91. The van der Waals surface area contributed by atoms with Crippen LogP contribution < -0.4 is 19.5 Å². The molecule has 0 unspecified atom stereocenters. The van der Waals surface area contributed by atoms with Gasteiger partial charge in [0.1, 0.15) is 12.4 Å². The number of hydrogen-bond acceptors (Lipinski definition) is 4. The zero-order valence-electron chi connectivity index (χ0n) is 15.2. The van der Waals surface area contributed by atoms with Gasteiger partial charge in [-0.15, -0.1) is 0 Å². The van der Waals surface area contributed by atoms with Crippen molar-refractivity contribution in [2.24, 2.45) is 0 Å². The molecule has 2 rings (SSSR count). The van der Waals surface area contributed by atoms with Gasteiger partial charge >= 0.3 is 0 Å². The molecule has 0 aliphatic heterocycles. The van der Waals surface area contributed by atoms with E-state index in [0.717, 1.165) is 29.4 Å². The molecule has 0 heterocycles. The largest absolute Gasteiger partial charge is 0.493 e. The first-order valence-electron chi connectivity index (χ1n) is 8.50. The van der Waals surface area contributed by atoms with E-state index in [2.05, 4.69) is 24.0 Å². The van der Waals surface area contributed by atoms with E-state index in [9.17, 15) is 0 Å². The Morgan fingerprint density at radius 3 is 2.48 bits per heavy atom. The van der Waals surface area contributed by atoms with Crippen molar-refractivity contribution in [3.8, 4) is 17.2 Å². The highest BCUT2D eigenvalue weighted by molar-refractivity contribution is 5.46. The second-order valence-electron chi connectivity index (χ2n) is 5.96. The molecule has 0 aromatic heterocycles. The summed E-state index contributed by atoms with van der Waals surface area (Å²) in [4.78, 5) is 0. The van der Waals surface area contributed by atoms with E-state index < -0.39 is 0 Å². The van der Waals surface area contributed by atoms with Crippen molar-refractivity contribution in [2.45, 2.75) is 33.0 Å². The van der Waals surface area contributed by atoms with Gasteiger partial charge < -0.3 is 19.5 Å². The molecule has 0 aliphatic rings. The molecule has 25 heavy (non-hydrogen) atoms. The van der Waals surface area contributed by atoms with Gasteiger partial charge in [0.2, 0.25) is 0 Å². The normalized spacial score (nSPS) is 10.6. The van der Waals surface area contributed by atoms with Crippen LogP contribution in [0.1, 0.15) is 25.0 Å². The van der Waals surface area contributed by atoms with Crippen molar-refractivity contribution in [1.82, 2.24) is 5.32 Å². The minimum Gasteiger partial charge on any atom is -0.493 e. The lowest BCUT2D eigenvalue weighted by Crippen LogP contribution is -2.14. The molecule has 1 N–H and O–H groups in total. The number of methoxy groups -OCH3 is 1. The van der Waals surface area contributed by atoms with E-state index >= 15 is 0 Å². The van der Waals surface area contributed by atoms with Crippen LogP contribution in [0.3, 0.4) is 0 Å². The molecule has 2 aromatic rings. The minimum atomic E-state index is 0.186. The molecular formula is C21H27NO3. The first-order chi connectivity index (χ1) is 12.1. The van der Waals surface area contributed by atoms with Crippen LogP contribution in [-0.4, -0.2) is 19.8 Å². The highest BCUT2D eigenvalue weighted by Gasteiger charge is 2.10. The second kappa shape index (κ2) is 9.74. The Kier molecular flexibility index (Phi) is 7.36. The van der Waals surface area contributed by atoms with Crippen molar-refractivity contribution in [2.75, 3.05) is 13.7 Å². The van der Waals surface area contributed by atoms with Crippen molar-refractivity contribution >= 4 is 0 Å². The van der Waals surface area contributed by atoms with Crippen LogP contribution in [0.5, 0.6) is 17.2 Å². The molecule has 4 nitrogen and oxygen atoms in total. The van der Waals surface area contributed by atoms with Crippen LogP contribution in [0, 0.1) is 0 Å². The average molecular weight is 341 g/mol. The van der Waals surface area contributed by atoms with E-state index in [4.69, 9.17) is 14.2 Å². The van der Waals surface area contributed by atoms with Gasteiger partial charge in [0.15, 0.2) is 11.5 Å². The molecule has 0 spiro atoms. The van der Waals surface area contributed by atoms with Crippen molar-refractivity contribution < 1.29 is 14.2 Å². The number of nitrogens with one attached hydrogen (secondary N) is 1. The summed E-state index contributed by atoms with van der Waals surface area (Å²) < 4.78 is 16.8. The number of rotatable bonds is 10. The fraction of sp³-hybridized carbons (Fsp3) is 0.333. The van der Waals surface area contributed by atoms with Gasteiger partial charge in [-0.25, -0.2) is 0 Å². The topological polar surface area (TPSA) is 39.7 Å². The van der Waals surface area contributed by atoms with Gasteiger partial charge in [0.05, 0.1) is 13.2 Å². The molecule has 0 fully saturated rings. The molecule has 2 aromatic carbocycles. The summed E-state index contributed by atoms with van der Waals surface area (Å²) in [6, 6.07) is 14.1. The summed E-state index contributed by atoms with van der Waals surface area (Å²) in [5.41, 5.74) is 2.26. The molecule has 0 bridgehead atoms. The van der Waals surface area contributed by atoms with Gasteiger partial charge in [-0.2, -0.15) is 0 Å². The third kappa shape index (κ3) is 5.84. The monoisotopic (exact) mass is 341 g/mol. The molecule has 0 atom stereocenters. The third-order valence-corrected chi connectivity index (χ3v) is 3.57. The fourth-order valence-corrected chi connectivity index (χ4v) is 2.47. The Hall–Kier alpha value is -2.46. The standard InChI is InChI=1S/C21H27NO3/c1-5-13-24-21-18(7-6-8-20(21)23-4)15-22-14-17-9-11-19(12-10-17)25-16(2)3/h5-12,16,22H,1,13-15H2,2-4H3. The van der Waals surface area contributed by atoms with Gasteiger partial charge in [-0.05, 0) is 37.6 Å². The van der Waals surface area contributed by atoms with Gasteiger partial charge in [0.25, 0.3) is 0 Å². The Morgan fingerprint density at radius 2 is 1.84 bits per heavy atom. The van der Waals surface area contributed by atoms with E-state index in [-0.39, 0.29) is 6.10 Å². The summed E-state index contributed by atoms with van der Waals surface area (Å²) in [7, 11) is 1.65. The van der Waals surface area contributed by atoms with Crippen LogP contribution in [-0.2, 0) is 13.1 Å². The zero-order valence-corrected chi connectivity index (χ0v) is 15.2. The predicted molar refractivity (Wildman–Crippen MR) is 101 cm³/mol. The Balaban J connectivity index is 1.95. The fourth-order valence-electron chi connectivity index (χ4n) is 2.47. The van der Waals surface area contributed by atoms with Crippen molar-refractivity contribution in [1.29, 1.82) is 0 Å². The van der Waals surface area contributed by atoms with Crippen molar-refractivity contribution in [3.63, 3.8) is 0 Å². The number of benzene rings is 2. The number of ether oxygens (including phenoxy) is 3. The van der Waals surface area contributed by atoms with Crippen molar-refractivity contribution in [3.05, 3.63) is 66.2 Å². The lowest BCUT2D eigenvalue weighted by molar-refractivity contribution is 0.242. The molecule has 0 saturated heterocycles. The molecule has 0 amide bonds. The first kappa shape index (κ1) is 18.9. The van der Waals surface area contributed by atoms with Gasteiger partial charge in [-0.3, -0.25) is 0 Å². The molecular weight excluding hydrogens is 314 g/mol. The SMILES string of the molecule is C=CCOc1c(CNCc2ccc(OC(C)C)cc2)cccc1OC. The first-order valence-corrected chi connectivity index (χ1v) is 8.50.